The Morgan fingerprint density at radius 3 is 2.31 bits per heavy atom. The summed E-state index contributed by atoms with van der Waals surface area (Å²) in [5.74, 6) is 0.677. The SMILES string of the molecule is CCc1nc2c(c(CC)c1CC)CCC2C. The highest BCUT2D eigenvalue weighted by molar-refractivity contribution is 5.44. The maximum atomic E-state index is 4.93. The van der Waals surface area contributed by atoms with Gasteiger partial charge in [0.2, 0.25) is 0 Å². The molecule has 0 N–H and O–H groups in total. The van der Waals surface area contributed by atoms with Gasteiger partial charge in [0.15, 0.2) is 0 Å². The number of nitrogens with zero attached hydrogens (tertiary/aromatic N) is 1. The fourth-order valence-electron chi connectivity index (χ4n) is 3.11. The van der Waals surface area contributed by atoms with Crippen molar-refractivity contribution in [2.45, 2.75) is 65.7 Å². The van der Waals surface area contributed by atoms with Crippen molar-refractivity contribution in [2.75, 3.05) is 0 Å². The minimum absolute atomic E-state index is 0.677. The van der Waals surface area contributed by atoms with Crippen LogP contribution in [0.4, 0.5) is 0 Å². The summed E-state index contributed by atoms with van der Waals surface area (Å²) in [5.41, 5.74) is 7.51. The molecular weight excluding hydrogens is 194 g/mol. The molecule has 0 radical (unpaired) electrons. The third-order valence-electron chi connectivity index (χ3n) is 3.98. The number of aromatic nitrogens is 1. The van der Waals surface area contributed by atoms with Gasteiger partial charge in [0.25, 0.3) is 0 Å². The van der Waals surface area contributed by atoms with Crippen molar-refractivity contribution in [1.82, 2.24) is 4.98 Å². The minimum Gasteiger partial charge on any atom is -0.257 e. The van der Waals surface area contributed by atoms with Gasteiger partial charge in [-0.15, -0.1) is 0 Å². The van der Waals surface area contributed by atoms with E-state index in [1.807, 2.05) is 0 Å². The van der Waals surface area contributed by atoms with Gasteiger partial charge in [-0.3, -0.25) is 4.98 Å². The zero-order valence-electron chi connectivity index (χ0n) is 11.1. The summed E-state index contributed by atoms with van der Waals surface area (Å²) in [5, 5.41) is 0. The van der Waals surface area contributed by atoms with E-state index < -0.39 is 0 Å². The van der Waals surface area contributed by atoms with E-state index in [-0.39, 0.29) is 0 Å². The molecule has 0 spiro atoms. The Morgan fingerprint density at radius 2 is 1.75 bits per heavy atom. The van der Waals surface area contributed by atoms with Crippen molar-refractivity contribution in [3.63, 3.8) is 0 Å². The predicted octanol–water partition coefficient (Wildman–Crippen LogP) is 3.82. The van der Waals surface area contributed by atoms with E-state index in [2.05, 4.69) is 27.7 Å². The first-order valence-corrected chi connectivity index (χ1v) is 6.76. The molecule has 0 bridgehead atoms. The lowest BCUT2D eigenvalue weighted by molar-refractivity contribution is 0.726. The molecule has 1 aliphatic rings. The van der Waals surface area contributed by atoms with Crippen LogP contribution in [0, 0.1) is 0 Å². The molecule has 1 heterocycles. The van der Waals surface area contributed by atoms with E-state index in [1.165, 1.54) is 36.2 Å². The number of aryl methyl sites for hydroxylation is 1. The summed E-state index contributed by atoms with van der Waals surface area (Å²) in [6, 6.07) is 0. The van der Waals surface area contributed by atoms with Crippen LogP contribution in [0.2, 0.25) is 0 Å². The second kappa shape index (κ2) is 4.57. The fraction of sp³-hybridized carbons (Fsp3) is 0.667. The lowest BCUT2D eigenvalue weighted by Crippen LogP contribution is -2.07. The van der Waals surface area contributed by atoms with Crippen molar-refractivity contribution in [3.8, 4) is 0 Å². The molecule has 1 aromatic rings. The van der Waals surface area contributed by atoms with Crippen molar-refractivity contribution < 1.29 is 0 Å². The van der Waals surface area contributed by atoms with Gasteiger partial charge < -0.3 is 0 Å². The molecular formula is C15H23N. The molecule has 2 rings (SSSR count). The van der Waals surface area contributed by atoms with Gasteiger partial charge in [0.1, 0.15) is 0 Å². The van der Waals surface area contributed by atoms with Crippen LogP contribution in [0.5, 0.6) is 0 Å². The second-order valence-electron chi connectivity index (χ2n) is 4.88. The molecule has 1 atom stereocenters. The lowest BCUT2D eigenvalue weighted by atomic mass is 9.94. The molecule has 1 heteroatoms. The highest BCUT2D eigenvalue weighted by Gasteiger charge is 2.25. The molecule has 1 nitrogen and oxygen atoms in total. The van der Waals surface area contributed by atoms with Crippen molar-refractivity contribution in [3.05, 3.63) is 28.1 Å². The first-order chi connectivity index (χ1) is 7.72. The number of hydrogen-bond acceptors (Lipinski definition) is 1. The molecule has 0 saturated carbocycles. The van der Waals surface area contributed by atoms with Crippen LogP contribution in [0.25, 0.3) is 0 Å². The summed E-state index contributed by atoms with van der Waals surface area (Å²) in [7, 11) is 0. The standard InChI is InChI=1S/C15H23N/c1-5-11-12(6-2)14(7-3)16-15-10(4)8-9-13(11)15/h10H,5-9H2,1-4H3. The first-order valence-electron chi connectivity index (χ1n) is 6.76. The Balaban J connectivity index is 2.64. The number of rotatable bonds is 3. The average molecular weight is 217 g/mol. The third kappa shape index (κ3) is 1.66. The summed E-state index contributed by atoms with van der Waals surface area (Å²) in [4.78, 5) is 4.93. The fourth-order valence-corrected chi connectivity index (χ4v) is 3.11. The highest BCUT2D eigenvalue weighted by Crippen LogP contribution is 2.36. The van der Waals surface area contributed by atoms with Crippen LogP contribution < -0.4 is 0 Å². The number of fused-ring (bicyclic) bond motifs is 1. The topological polar surface area (TPSA) is 12.9 Å². The van der Waals surface area contributed by atoms with Gasteiger partial charge in [-0.2, -0.15) is 0 Å². The molecule has 0 fully saturated rings. The quantitative estimate of drug-likeness (QED) is 0.750. The predicted molar refractivity (Wildman–Crippen MR) is 69.1 cm³/mol. The van der Waals surface area contributed by atoms with Gasteiger partial charge in [-0.25, -0.2) is 0 Å². The maximum absolute atomic E-state index is 4.93. The van der Waals surface area contributed by atoms with Crippen LogP contribution in [-0.2, 0) is 25.7 Å². The third-order valence-corrected chi connectivity index (χ3v) is 3.98. The minimum atomic E-state index is 0.677. The lowest BCUT2D eigenvalue weighted by Gasteiger charge is -2.16. The van der Waals surface area contributed by atoms with E-state index in [0.29, 0.717) is 5.92 Å². The zero-order valence-corrected chi connectivity index (χ0v) is 11.1. The van der Waals surface area contributed by atoms with Crippen LogP contribution >= 0.6 is 0 Å². The monoisotopic (exact) mass is 217 g/mol. The van der Waals surface area contributed by atoms with E-state index in [4.69, 9.17) is 4.98 Å². The van der Waals surface area contributed by atoms with E-state index >= 15 is 0 Å². The maximum Gasteiger partial charge on any atom is 0.0470 e. The van der Waals surface area contributed by atoms with Crippen molar-refractivity contribution in [1.29, 1.82) is 0 Å². The van der Waals surface area contributed by atoms with E-state index in [0.717, 1.165) is 12.8 Å². The van der Waals surface area contributed by atoms with Crippen LogP contribution in [0.3, 0.4) is 0 Å². The normalized spacial score (nSPS) is 18.9. The van der Waals surface area contributed by atoms with Crippen molar-refractivity contribution in [2.24, 2.45) is 0 Å². The Hall–Kier alpha value is -0.850. The molecule has 16 heavy (non-hydrogen) atoms. The Labute approximate surface area is 99.3 Å². The molecule has 1 unspecified atom stereocenters. The van der Waals surface area contributed by atoms with Gasteiger partial charge in [-0.1, -0.05) is 27.7 Å². The summed E-state index contributed by atoms with van der Waals surface area (Å²) in [6.07, 6.45) is 5.94. The molecule has 0 saturated heterocycles. The van der Waals surface area contributed by atoms with Gasteiger partial charge >= 0.3 is 0 Å². The van der Waals surface area contributed by atoms with Crippen LogP contribution in [-0.4, -0.2) is 4.98 Å². The largest absolute Gasteiger partial charge is 0.257 e. The molecule has 0 amide bonds. The molecule has 1 aromatic heterocycles. The van der Waals surface area contributed by atoms with E-state index in [9.17, 15) is 0 Å². The van der Waals surface area contributed by atoms with Crippen LogP contribution in [0.1, 0.15) is 68.1 Å². The van der Waals surface area contributed by atoms with Gasteiger partial charge in [0, 0.05) is 11.4 Å². The van der Waals surface area contributed by atoms with Gasteiger partial charge in [-0.05, 0) is 54.7 Å². The first kappa shape index (κ1) is 11.6. The molecule has 0 aromatic carbocycles. The zero-order chi connectivity index (χ0) is 11.7. The highest BCUT2D eigenvalue weighted by atomic mass is 14.7. The Bertz CT molecular complexity index is 389. The summed E-state index contributed by atoms with van der Waals surface area (Å²) >= 11 is 0. The van der Waals surface area contributed by atoms with Crippen molar-refractivity contribution >= 4 is 0 Å². The van der Waals surface area contributed by atoms with Gasteiger partial charge in [0.05, 0.1) is 0 Å². The summed E-state index contributed by atoms with van der Waals surface area (Å²) in [6.45, 7) is 9.10. The average Bonchev–Trinajstić information content (AvgIpc) is 2.68. The van der Waals surface area contributed by atoms with E-state index in [1.54, 1.807) is 11.1 Å². The Kier molecular flexibility index (Phi) is 3.32. The molecule has 0 aliphatic heterocycles. The Morgan fingerprint density at radius 1 is 1.06 bits per heavy atom. The summed E-state index contributed by atoms with van der Waals surface area (Å²) < 4.78 is 0. The number of pyridine rings is 1. The number of hydrogen-bond donors (Lipinski definition) is 0. The smallest absolute Gasteiger partial charge is 0.0470 e. The molecule has 88 valence electrons. The molecule has 1 aliphatic carbocycles. The van der Waals surface area contributed by atoms with Crippen LogP contribution in [0.15, 0.2) is 0 Å². The second-order valence-corrected chi connectivity index (χ2v) is 4.88.